The molecule has 2 aromatic rings. The zero-order valence-corrected chi connectivity index (χ0v) is 13.0. The molecule has 0 unspecified atom stereocenters. The van der Waals surface area contributed by atoms with Crippen molar-refractivity contribution in [1.82, 2.24) is 4.98 Å². The van der Waals surface area contributed by atoms with E-state index in [1.807, 2.05) is 24.3 Å². The Morgan fingerprint density at radius 1 is 1.21 bits per heavy atom. The van der Waals surface area contributed by atoms with Crippen LogP contribution in [0.4, 0.5) is 11.5 Å². The molecule has 1 amide bonds. The number of hydrogen-bond acceptors (Lipinski definition) is 3. The molecule has 1 heterocycles. The second kappa shape index (κ2) is 6.21. The van der Waals surface area contributed by atoms with E-state index >= 15 is 0 Å². The standard InChI is InChI=1S/C13H11ClIN3O/c1-16-11-7-6-10(14)12(18-11)13(19)17-9-4-2-8(15)3-5-9/h2-7H,1H3,(H,16,18)(H,17,19). The normalized spacial score (nSPS) is 10.1. The molecular weight excluding hydrogens is 377 g/mol. The van der Waals surface area contributed by atoms with Gasteiger partial charge in [-0.15, -0.1) is 0 Å². The van der Waals surface area contributed by atoms with Crippen LogP contribution in [-0.2, 0) is 0 Å². The number of halogens is 2. The highest BCUT2D eigenvalue weighted by atomic mass is 127. The fraction of sp³-hybridized carbons (Fsp3) is 0.0769. The summed E-state index contributed by atoms with van der Waals surface area (Å²) in [6, 6.07) is 10.8. The monoisotopic (exact) mass is 387 g/mol. The van der Waals surface area contributed by atoms with Crippen molar-refractivity contribution in [2.24, 2.45) is 0 Å². The molecule has 2 N–H and O–H groups in total. The zero-order valence-electron chi connectivity index (χ0n) is 10.1. The molecule has 98 valence electrons. The average molecular weight is 388 g/mol. The molecule has 1 aromatic carbocycles. The fourth-order valence-corrected chi connectivity index (χ4v) is 2.01. The number of anilines is 2. The van der Waals surface area contributed by atoms with E-state index in [4.69, 9.17) is 11.6 Å². The zero-order chi connectivity index (χ0) is 13.8. The molecule has 0 saturated heterocycles. The van der Waals surface area contributed by atoms with Gasteiger partial charge in [-0.2, -0.15) is 0 Å². The number of nitrogens with zero attached hydrogens (tertiary/aromatic N) is 1. The number of aromatic nitrogens is 1. The summed E-state index contributed by atoms with van der Waals surface area (Å²) in [6.45, 7) is 0. The van der Waals surface area contributed by atoms with Crippen molar-refractivity contribution >= 4 is 51.6 Å². The van der Waals surface area contributed by atoms with Gasteiger partial charge < -0.3 is 10.6 Å². The molecule has 0 radical (unpaired) electrons. The number of pyridine rings is 1. The number of hydrogen-bond donors (Lipinski definition) is 2. The first-order chi connectivity index (χ1) is 9.10. The van der Waals surface area contributed by atoms with E-state index < -0.39 is 0 Å². The van der Waals surface area contributed by atoms with E-state index in [-0.39, 0.29) is 11.6 Å². The van der Waals surface area contributed by atoms with Gasteiger partial charge in [0, 0.05) is 16.3 Å². The highest BCUT2D eigenvalue weighted by Crippen LogP contribution is 2.18. The number of benzene rings is 1. The molecule has 6 heteroatoms. The summed E-state index contributed by atoms with van der Waals surface area (Å²) >= 11 is 8.19. The van der Waals surface area contributed by atoms with Crippen LogP contribution in [0, 0.1) is 3.57 Å². The van der Waals surface area contributed by atoms with Gasteiger partial charge in [-0.1, -0.05) is 11.6 Å². The molecule has 0 fully saturated rings. The van der Waals surface area contributed by atoms with Crippen LogP contribution >= 0.6 is 34.2 Å². The Labute approximate surface area is 129 Å². The van der Waals surface area contributed by atoms with Crippen LogP contribution in [0.3, 0.4) is 0 Å². The quantitative estimate of drug-likeness (QED) is 0.791. The van der Waals surface area contributed by atoms with Gasteiger partial charge in [0.25, 0.3) is 5.91 Å². The fourth-order valence-electron chi connectivity index (χ4n) is 1.46. The molecule has 1 aromatic heterocycles. The highest BCUT2D eigenvalue weighted by molar-refractivity contribution is 14.1. The molecule has 0 spiro atoms. The van der Waals surface area contributed by atoms with Crippen molar-refractivity contribution in [3.05, 3.63) is 50.7 Å². The Morgan fingerprint density at radius 3 is 2.53 bits per heavy atom. The maximum Gasteiger partial charge on any atom is 0.275 e. The van der Waals surface area contributed by atoms with Crippen molar-refractivity contribution in [2.45, 2.75) is 0 Å². The lowest BCUT2D eigenvalue weighted by molar-refractivity contribution is 0.102. The molecule has 0 aliphatic carbocycles. The first-order valence-corrected chi connectivity index (χ1v) is 6.97. The SMILES string of the molecule is CNc1ccc(Cl)c(C(=O)Nc2ccc(I)cc2)n1. The molecule has 0 bridgehead atoms. The van der Waals surface area contributed by atoms with Crippen molar-refractivity contribution in [3.8, 4) is 0 Å². The third-order valence-electron chi connectivity index (χ3n) is 2.42. The third kappa shape index (κ3) is 3.57. The lowest BCUT2D eigenvalue weighted by atomic mass is 10.3. The van der Waals surface area contributed by atoms with Crippen LogP contribution in [0.5, 0.6) is 0 Å². The summed E-state index contributed by atoms with van der Waals surface area (Å²) in [6.07, 6.45) is 0. The van der Waals surface area contributed by atoms with Gasteiger partial charge in [-0.05, 0) is 59.0 Å². The highest BCUT2D eigenvalue weighted by Gasteiger charge is 2.13. The van der Waals surface area contributed by atoms with Crippen LogP contribution in [-0.4, -0.2) is 17.9 Å². The first-order valence-electron chi connectivity index (χ1n) is 5.51. The Hall–Kier alpha value is -1.34. The van der Waals surface area contributed by atoms with Gasteiger partial charge in [0.2, 0.25) is 0 Å². The summed E-state index contributed by atoms with van der Waals surface area (Å²) in [5.74, 6) is 0.264. The Bertz CT molecular complexity index is 601. The van der Waals surface area contributed by atoms with Crippen LogP contribution in [0.1, 0.15) is 10.5 Å². The second-order valence-electron chi connectivity index (χ2n) is 3.74. The smallest absolute Gasteiger partial charge is 0.275 e. The van der Waals surface area contributed by atoms with E-state index in [0.717, 1.165) is 3.57 Å². The van der Waals surface area contributed by atoms with E-state index in [1.165, 1.54) is 0 Å². The van der Waals surface area contributed by atoms with Crippen LogP contribution < -0.4 is 10.6 Å². The van der Waals surface area contributed by atoms with Gasteiger partial charge in [0.15, 0.2) is 0 Å². The second-order valence-corrected chi connectivity index (χ2v) is 5.39. The summed E-state index contributed by atoms with van der Waals surface area (Å²) in [5, 5.41) is 5.95. The summed E-state index contributed by atoms with van der Waals surface area (Å²) < 4.78 is 1.10. The van der Waals surface area contributed by atoms with Crippen molar-refractivity contribution in [1.29, 1.82) is 0 Å². The number of carbonyl (C=O) groups is 1. The largest absolute Gasteiger partial charge is 0.373 e. The third-order valence-corrected chi connectivity index (χ3v) is 3.44. The number of carbonyl (C=O) groups excluding carboxylic acids is 1. The lowest BCUT2D eigenvalue weighted by Crippen LogP contribution is -2.15. The number of amides is 1. The minimum atomic E-state index is -0.330. The molecule has 2 rings (SSSR count). The minimum Gasteiger partial charge on any atom is -0.373 e. The van der Waals surface area contributed by atoms with Crippen LogP contribution in [0.2, 0.25) is 5.02 Å². The Balaban J connectivity index is 2.22. The summed E-state index contributed by atoms with van der Waals surface area (Å²) in [5.41, 5.74) is 0.908. The van der Waals surface area contributed by atoms with E-state index in [9.17, 15) is 4.79 Å². The Morgan fingerprint density at radius 2 is 1.89 bits per heavy atom. The Kier molecular flexibility index (Phi) is 4.60. The van der Waals surface area contributed by atoms with E-state index in [2.05, 4.69) is 38.2 Å². The first kappa shape index (κ1) is 14.1. The van der Waals surface area contributed by atoms with Gasteiger partial charge in [0.05, 0.1) is 5.02 Å². The van der Waals surface area contributed by atoms with Crippen LogP contribution in [0.15, 0.2) is 36.4 Å². The maximum absolute atomic E-state index is 12.1. The van der Waals surface area contributed by atoms with Crippen molar-refractivity contribution in [3.63, 3.8) is 0 Å². The van der Waals surface area contributed by atoms with E-state index in [1.54, 1.807) is 19.2 Å². The predicted octanol–water partition coefficient (Wildman–Crippen LogP) is 3.63. The topological polar surface area (TPSA) is 54.0 Å². The summed E-state index contributed by atoms with van der Waals surface area (Å²) in [7, 11) is 1.73. The molecule has 0 aliphatic rings. The molecule has 0 atom stereocenters. The number of rotatable bonds is 3. The van der Waals surface area contributed by atoms with E-state index in [0.29, 0.717) is 16.5 Å². The van der Waals surface area contributed by atoms with Crippen molar-refractivity contribution < 1.29 is 4.79 Å². The molecule has 0 aliphatic heterocycles. The van der Waals surface area contributed by atoms with Gasteiger partial charge in [0.1, 0.15) is 11.5 Å². The molecule has 19 heavy (non-hydrogen) atoms. The number of nitrogens with one attached hydrogen (secondary N) is 2. The maximum atomic E-state index is 12.1. The molecule has 0 saturated carbocycles. The van der Waals surface area contributed by atoms with Crippen molar-refractivity contribution in [2.75, 3.05) is 17.7 Å². The molecule has 4 nitrogen and oxygen atoms in total. The summed E-state index contributed by atoms with van der Waals surface area (Å²) in [4.78, 5) is 16.2. The van der Waals surface area contributed by atoms with Crippen LogP contribution in [0.25, 0.3) is 0 Å². The lowest BCUT2D eigenvalue weighted by Gasteiger charge is -2.08. The minimum absolute atomic E-state index is 0.201. The molecular formula is C13H11ClIN3O. The van der Waals surface area contributed by atoms with Gasteiger partial charge in [-0.25, -0.2) is 4.98 Å². The van der Waals surface area contributed by atoms with Gasteiger partial charge in [-0.3, -0.25) is 4.79 Å². The average Bonchev–Trinajstić information content (AvgIpc) is 2.42. The predicted molar refractivity (Wildman–Crippen MR) is 85.9 cm³/mol. The van der Waals surface area contributed by atoms with Gasteiger partial charge >= 0.3 is 0 Å².